The van der Waals surface area contributed by atoms with E-state index in [1.54, 1.807) is 0 Å². The van der Waals surface area contributed by atoms with Crippen molar-refractivity contribution in [2.24, 2.45) is 5.14 Å². The topological polar surface area (TPSA) is 201 Å². The third-order valence-electron chi connectivity index (χ3n) is 2.82. The van der Waals surface area contributed by atoms with E-state index in [2.05, 4.69) is 31.9 Å². The minimum Gasteiger partial charge on any atom is -0.282 e. The Hall–Kier alpha value is -1.98. The molecular weight excluding hydrogens is 554 g/mol. The van der Waals surface area contributed by atoms with E-state index in [0.29, 0.717) is 8.95 Å². The van der Waals surface area contributed by atoms with E-state index < -0.39 is 51.2 Å². The van der Waals surface area contributed by atoms with E-state index in [-0.39, 0.29) is 0 Å². The van der Waals surface area contributed by atoms with Crippen LogP contribution >= 0.6 is 31.9 Å². The van der Waals surface area contributed by atoms with Crippen molar-refractivity contribution < 1.29 is 31.2 Å². The average molecular weight is 563 g/mol. The summed E-state index contributed by atoms with van der Waals surface area (Å²) in [5.41, 5.74) is -1.20. The van der Waals surface area contributed by atoms with Crippen molar-refractivity contribution in [3.63, 3.8) is 0 Å². The molecule has 0 aliphatic rings. The molecule has 0 fully saturated rings. The highest BCUT2D eigenvalue weighted by atomic mass is 79.9. The standard InChI is InChI=1S/C6H5BrN2O4S.C6H4BrNO5S/c7-4-1-2-6(14(8,12)13)5(3-4)9(10)11;7-4-1-2-6(14(11,12)13)5(3-4)8(9)10/h1-3H,(H2,8,12,13);1-3H,(H,11,12,13). The van der Waals surface area contributed by atoms with Gasteiger partial charge in [-0.1, -0.05) is 31.9 Å². The number of rotatable bonds is 4. The number of halogens is 2. The second-order valence-corrected chi connectivity index (χ2v) is 9.51. The van der Waals surface area contributed by atoms with Crippen molar-refractivity contribution >= 4 is 63.4 Å². The highest BCUT2D eigenvalue weighted by Crippen LogP contribution is 2.27. The number of hydrogen-bond acceptors (Lipinski definition) is 8. The lowest BCUT2D eigenvalue weighted by atomic mass is 10.3. The molecule has 0 bridgehead atoms. The first-order valence-corrected chi connectivity index (χ1v) is 11.1. The first-order valence-electron chi connectivity index (χ1n) is 6.52. The van der Waals surface area contributed by atoms with E-state index in [4.69, 9.17) is 9.69 Å². The Morgan fingerprint density at radius 3 is 1.50 bits per heavy atom. The summed E-state index contributed by atoms with van der Waals surface area (Å²) in [6, 6.07) is 6.78. The van der Waals surface area contributed by atoms with Crippen LogP contribution in [0, 0.1) is 20.2 Å². The molecule has 0 aliphatic carbocycles. The molecule has 152 valence electrons. The van der Waals surface area contributed by atoms with E-state index in [1.165, 1.54) is 12.1 Å². The van der Waals surface area contributed by atoms with Gasteiger partial charge in [0.05, 0.1) is 9.85 Å². The Bertz CT molecular complexity index is 1060. The van der Waals surface area contributed by atoms with Crippen molar-refractivity contribution in [3.05, 3.63) is 65.6 Å². The number of nitro benzene ring substituents is 2. The van der Waals surface area contributed by atoms with Crippen LogP contribution in [0.4, 0.5) is 11.4 Å². The molecule has 2 aromatic rings. The first-order chi connectivity index (χ1) is 12.6. The van der Waals surface area contributed by atoms with Crippen LogP contribution in [0.1, 0.15) is 0 Å². The van der Waals surface area contributed by atoms with E-state index in [9.17, 15) is 37.1 Å². The zero-order valence-corrected chi connectivity index (χ0v) is 18.0. The van der Waals surface area contributed by atoms with Gasteiger partial charge < -0.3 is 0 Å². The van der Waals surface area contributed by atoms with Gasteiger partial charge >= 0.3 is 10.1 Å². The summed E-state index contributed by atoms with van der Waals surface area (Å²) in [7, 11) is -8.62. The molecule has 0 radical (unpaired) electrons. The third-order valence-corrected chi connectivity index (χ3v) is 5.67. The van der Waals surface area contributed by atoms with E-state index >= 15 is 0 Å². The molecule has 0 spiro atoms. The Labute approximate surface area is 174 Å². The number of primary sulfonamides is 1. The number of nitrogens with zero attached hydrogens (tertiary/aromatic N) is 2. The molecule has 2 aromatic carbocycles. The predicted octanol–water partition coefficient (Wildman–Crippen LogP) is 2.61. The average Bonchev–Trinajstić information content (AvgIpc) is 2.52. The lowest BCUT2D eigenvalue weighted by Gasteiger charge is -1.99. The number of sulfonamides is 1. The summed E-state index contributed by atoms with van der Waals surface area (Å²) < 4.78 is 52.7. The van der Waals surface area contributed by atoms with Gasteiger partial charge in [0.25, 0.3) is 11.4 Å². The fourth-order valence-electron chi connectivity index (χ4n) is 1.73. The lowest BCUT2D eigenvalue weighted by Crippen LogP contribution is -2.14. The summed E-state index contributed by atoms with van der Waals surface area (Å²) in [5, 5.41) is 25.7. The Morgan fingerprint density at radius 2 is 1.18 bits per heavy atom. The highest BCUT2D eigenvalue weighted by Gasteiger charge is 2.24. The van der Waals surface area contributed by atoms with Crippen molar-refractivity contribution in [2.45, 2.75) is 9.79 Å². The molecule has 2 rings (SSSR count). The molecular formula is C12H9Br2N3O9S2. The van der Waals surface area contributed by atoms with Gasteiger partial charge in [0.2, 0.25) is 10.0 Å². The number of hydrogen-bond donors (Lipinski definition) is 2. The number of benzene rings is 2. The van der Waals surface area contributed by atoms with Crippen molar-refractivity contribution in [1.82, 2.24) is 0 Å². The second kappa shape index (κ2) is 9.01. The fraction of sp³-hybridized carbons (Fsp3) is 0. The first kappa shape index (κ1) is 24.1. The van der Waals surface area contributed by atoms with Crippen LogP contribution < -0.4 is 5.14 Å². The SMILES string of the molecule is NS(=O)(=O)c1ccc(Br)cc1[N+](=O)[O-].O=[N+]([O-])c1cc(Br)ccc1S(=O)(=O)O. The Kier molecular flexibility index (Phi) is 7.74. The van der Waals surface area contributed by atoms with Crippen molar-refractivity contribution in [1.29, 1.82) is 0 Å². The maximum atomic E-state index is 10.9. The minimum atomic E-state index is -4.56. The second-order valence-electron chi connectivity index (χ2n) is 4.76. The number of nitro groups is 2. The van der Waals surface area contributed by atoms with E-state index in [0.717, 1.165) is 24.3 Å². The predicted molar refractivity (Wildman–Crippen MR) is 103 cm³/mol. The smallest absolute Gasteiger partial charge is 0.282 e. The molecule has 3 N–H and O–H groups in total. The molecule has 0 amide bonds. The van der Waals surface area contributed by atoms with Gasteiger partial charge in [-0.05, 0) is 24.3 Å². The molecule has 12 nitrogen and oxygen atoms in total. The molecule has 0 aromatic heterocycles. The minimum absolute atomic E-state index is 0.358. The summed E-state index contributed by atoms with van der Waals surface area (Å²) in [6.45, 7) is 0. The summed E-state index contributed by atoms with van der Waals surface area (Å²) in [4.78, 5) is 18.0. The monoisotopic (exact) mass is 561 g/mol. The van der Waals surface area contributed by atoms with Gasteiger partial charge in [-0.25, -0.2) is 13.6 Å². The highest BCUT2D eigenvalue weighted by molar-refractivity contribution is 9.10. The van der Waals surface area contributed by atoms with Crippen LogP contribution in [0.2, 0.25) is 0 Å². The van der Waals surface area contributed by atoms with Crippen LogP contribution in [-0.2, 0) is 20.1 Å². The van der Waals surface area contributed by atoms with E-state index in [1.807, 2.05) is 0 Å². The normalized spacial score (nSPS) is 11.3. The van der Waals surface area contributed by atoms with Gasteiger partial charge in [0.1, 0.15) is 0 Å². The molecule has 0 atom stereocenters. The van der Waals surface area contributed by atoms with Crippen LogP contribution in [0.5, 0.6) is 0 Å². The van der Waals surface area contributed by atoms with Crippen LogP contribution in [-0.4, -0.2) is 31.2 Å². The lowest BCUT2D eigenvalue weighted by molar-refractivity contribution is -0.388. The largest absolute Gasteiger partial charge is 0.301 e. The quantitative estimate of drug-likeness (QED) is 0.319. The maximum absolute atomic E-state index is 10.9. The molecule has 28 heavy (non-hydrogen) atoms. The van der Waals surface area contributed by atoms with Gasteiger partial charge in [0, 0.05) is 21.1 Å². The Morgan fingerprint density at radius 1 is 0.821 bits per heavy atom. The molecule has 0 unspecified atom stereocenters. The zero-order valence-electron chi connectivity index (χ0n) is 13.2. The fourth-order valence-corrected chi connectivity index (χ4v) is 3.74. The van der Waals surface area contributed by atoms with Crippen LogP contribution in [0.3, 0.4) is 0 Å². The van der Waals surface area contributed by atoms with Crippen LogP contribution in [0.25, 0.3) is 0 Å². The summed E-state index contributed by atoms with van der Waals surface area (Å²) in [6.07, 6.45) is 0. The molecule has 16 heteroatoms. The van der Waals surface area contributed by atoms with Gasteiger partial charge in [0.15, 0.2) is 9.79 Å². The van der Waals surface area contributed by atoms with Crippen molar-refractivity contribution in [2.75, 3.05) is 0 Å². The van der Waals surface area contributed by atoms with Crippen molar-refractivity contribution in [3.8, 4) is 0 Å². The molecule has 0 saturated heterocycles. The summed E-state index contributed by atoms with van der Waals surface area (Å²) >= 11 is 5.94. The van der Waals surface area contributed by atoms with Gasteiger partial charge in [-0.3, -0.25) is 24.8 Å². The van der Waals surface area contributed by atoms with Gasteiger partial charge in [-0.15, -0.1) is 0 Å². The third kappa shape index (κ3) is 6.57. The molecule has 0 aliphatic heterocycles. The zero-order chi connectivity index (χ0) is 21.9. The molecule has 0 saturated carbocycles. The molecule has 0 heterocycles. The summed E-state index contributed by atoms with van der Waals surface area (Å²) in [5.74, 6) is 0. The number of nitrogens with two attached hydrogens (primary N) is 1. The maximum Gasteiger partial charge on any atom is 0.301 e. The van der Waals surface area contributed by atoms with Gasteiger partial charge in [-0.2, -0.15) is 8.42 Å². The Balaban J connectivity index is 0.000000280. The van der Waals surface area contributed by atoms with Crippen LogP contribution in [0.15, 0.2) is 55.1 Å².